The molecule has 0 spiro atoms. The fraction of sp³-hybridized carbons (Fsp3) is 0.857. The first-order chi connectivity index (χ1) is 8.50. The molecule has 1 rings (SSSR count). The molecule has 1 amide bonds. The van der Waals surface area contributed by atoms with Gasteiger partial charge in [-0.3, -0.25) is 4.79 Å². The van der Waals surface area contributed by atoms with Crippen LogP contribution in [0.25, 0.3) is 0 Å². The van der Waals surface area contributed by atoms with E-state index in [0.29, 0.717) is 12.3 Å². The second kappa shape index (κ2) is 7.39. The topological polar surface area (TPSA) is 66.4 Å². The molecule has 0 radical (unpaired) electrons. The molecule has 4 heteroatoms. The molecular formula is C14H25NO3. The Balaban J connectivity index is 2.41. The average molecular weight is 255 g/mol. The van der Waals surface area contributed by atoms with Gasteiger partial charge in [0.15, 0.2) is 0 Å². The summed E-state index contributed by atoms with van der Waals surface area (Å²) in [7, 11) is 0. The lowest BCUT2D eigenvalue weighted by molar-refractivity contribution is -0.143. The predicted molar refractivity (Wildman–Crippen MR) is 70.2 cm³/mol. The largest absolute Gasteiger partial charge is 0.480 e. The zero-order chi connectivity index (χ0) is 13.5. The molecule has 1 aliphatic rings. The number of carbonyl (C=O) groups is 2. The molecule has 1 fully saturated rings. The molecule has 0 bridgehead atoms. The first-order valence-electron chi connectivity index (χ1n) is 7.03. The third-order valence-corrected chi connectivity index (χ3v) is 3.70. The van der Waals surface area contributed by atoms with Crippen LogP contribution in [0.1, 0.15) is 58.8 Å². The van der Waals surface area contributed by atoms with Crippen LogP contribution in [0.5, 0.6) is 0 Å². The summed E-state index contributed by atoms with van der Waals surface area (Å²) in [4.78, 5) is 22.9. The second-order valence-corrected chi connectivity index (χ2v) is 5.69. The smallest absolute Gasteiger partial charge is 0.326 e. The summed E-state index contributed by atoms with van der Waals surface area (Å²) >= 11 is 0. The van der Waals surface area contributed by atoms with Gasteiger partial charge in [-0.1, -0.05) is 39.5 Å². The molecule has 104 valence electrons. The number of carboxylic acids is 1. The zero-order valence-electron chi connectivity index (χ0n) is 11.4. The van der Waals surface area contributed by atoms with Gasteiger partial charge >= 0.3 is 5.97 Å². The summed E-state index contributed by atoms with van der Waals surface area (Å²) in [6.07, 6.45) is 7.62. The Hall–Kier alpha value is -1.06. The van der Waals surface area contributed by atoms with E-state index in [4.69, 9.17) is 5.11 Å². The monoisotopic (exact) mass is 255 g/mol. The number of nitrogens with one attached hydrogen (secondary N) is 1. The number of amides is 1. The van der Waals surface area contributed by atoms with Crippen molar-refractivity contribution in [2.24, 2.45) is 11.8 Å². The van der Waals surface area contributed by atoms with Crippen molar-refractivity contribution >= 4 is 11.9 Å². The Morgan fingerprint density at radius 2 is 1.72 bits per heavy atom. The Morgan fingerprint density at radius 1 is 1.17 bits per heavy atom. The molecule has 0 aromatic rings. The molecule has 0 heterocycles. The van der Waals surface area contributed by atoms with Crippen molar-refractivity contribution in [3.8, 4) is 0 Å². The molecule has 1 atom stereocenters. The summed E-state index contributed by atoms with van der Waals surface area (Å²) in [6.45, 7) is 3.62. The van der Waals surface area contributed by atoms with E-state index >= 15 is 0 Å². The summed E-state index contributed by atoms with van der Waals surface area (Å²) in [5.41, 5.74) is 0. The number of carboxylic acid groups (broad SMARTS) is 1. The normalized spacial score (nSPS) is 19.3. The average Bonchev–Trinajstić information content (AvgIpc) is 2.53. The quantitative estimate of drug-likeness (QED) is 0.742. The fourth-order valence-corrected chi connectivity index (χ4v) is 2.58. The van der Waals surface area contributed by atoms with Gasteiger partial charge in [0.25, 0.3) is 0 Å². The van der Waals surface area contributed by atoms with Crippen molar-refractivity contribution in [1.82, 2.24) is 5.32 Å². The van der Waals surface area contributed by atoms with Crippen LogP contribution < -0.4 is 5.32 Å². The number of aliphatic carboxylic acids is 1. The molecule has 0 unspecified atom stereocenters. The van der Waals surface area contributed by atoms with Gasteiger partial charge in [0.2, 0.25) is 5.91 Å². The number of hydrogen-bond acceptors (Lipinski definition) is 2. The SMILES string of the molecule is CC(C)[C@H](NC(=O)CC1CCCCCC1)C(=O)O. The lowest BCUT2D eigenvalue weighted by Crippen LogP contribution is -2.44. The summed E-state index contributed by atoms with van der Waals surface area (Å²) in [6, 6.07) is -0.761. The fourth-order valence-electron chi connectivity index (χ4n) is 2.58. The van der Waals surface area contributed by atoms with Crippen LogP contribution in [-0.4, -0.2) is 23.0 Å². The van der Waals surface area contributed by atoms with Gasteiger partial charge in [0, 0.05) is 6.42 Å². The minimum atomic E-state index is -0.945. The van der Waals surface area contributed by atoms with Crippen molar-refractivity contribution in [3.05, 3.63) is 0 Å². The highest BCUT2D eigenvalue weighted by Gasteiger charge is 2.24. The van der Waals surface area contributed by atoms with E-state index in [-0.39, 0.29) is 11.8 Å². The van der Waals surface area contributed by atoms with E-state index in [1.165, 1.54) is 25.7 Å². The molecule has 4 nitrogen and oxygen atoms in total. The molecule has 18 heavy (non-hydrogen) atoms. The van der Waals surface area contributed by atoms with Gasteiger partial charge in [-0.2, -0.15) is 0 Å². The van der Waals surface area contributed by atoms with Crippen LogP contribution in [-0.2, 0) is 9.59 Å². The Kier molecular flexibility index (Phi) is 6.16. The highest BCUT2D eigenvalue weighted by atomic mass is 16.4. The first-order valence-corrected chi connectivity index (χ1v) is 7.03. The number of rotatable bonds is 5. The standard InChI is InChI=1S/C14H25NO3/c1-10(2)13(14(17)18)15-12(16)9-11-7-5-3-4-6-8-11/h10-11,13H,3-9H2,1-2H3,(H,15,16)(H,17,18)/t13-/m0/s1. The Bertz CT molecular complexity index is 281. The summed E-state index contributed by atoms with van der Waals surface area (Å²) in [5.74, 6) is -0.697. The molecule has 0 saturated heterocycles. The number of carbonyl (C=O) groups excluding carboxylic acids is 1. The van der Waals surface area contributed by atoms with Crippen molar-refractivity contribution in [2.75, 3.05) is 0 Å². The summed E-state index contributed by atoms with van der Waals surface area (Å²) < 4.78 is 0. The van der Waals surface area contributed by atoms with Crippen molar-refractivity contribution in [1.29, 1.82) is 0 Å². The van der Waals surface area contributed by atoms with Crippen LogP contribution >= 0.6 is 0 Å². The van der Waals surface area contributed by atoms with Gasteiger partial charge < -0.3 is 10.4 Å². The van der Waals surface area contributed by atoms with Crippen molar-refractivity contribution in [2.45, 2.75) is 64.8 Å². The van der Waals surface area contributed by atoms with E-state index in [1.54, 1.807) is 0 Å². The first kappa shape index (κ1) is 15.0. The highest BCUT2D eigenvalue weighted by molar-refractivity contribution is 5.83. The van der Waals surface area contributed by atoms with Gasteiger partial charge in [-0.25, -0.2) is 4.79 Å². The van der Waals surface area contributed by atoms with Crippen LogP contribution in [0, 0.1) is 11.8 Å². The maximum Gasteiger partial charge on any atom is 0.326 e. The van der Waals surface area contributed by atoms with Crippen LogP contribution in [0.2, 0.25) is 0 Å². The Morgan fingerprint density at radius 3 is 2.17 bits per heavy atom. The zero-order valence-corrected chi connectivity index (χ0v) is 11.4. The van der Waals surface area contributed by atoms with Crippen molar-refractivity contribution in [3.63, 3.8) is 0 Å². The van der Waals surface area contributed by atoms with E-state index < -0.39 is 12.0 Å². The molecule has 0 aromatic heterocycles. The van der Waals surface area contributed by atoms with Crippen LogP contribution in [0.15, 0.2) is 0 Å². The van der Waals surface area contributed by atoms with Gasteiger partial charge in [-0.05, 0) is 24.7 Å². The molecular weight excluding hydrogens is 230 g/mol. The molecule has 0 aromatic carbocycles. The maximum absolute atomic E-state index is 11.9. The number of hydrogen-bond donors (Lipinski definition) is 2. The minimum Gasteiger partial charge on any atom is -0.480 e. The van der Waals surface area contributed by atoms with Gasteiger partial charge in [0.05, 0.1) is 0 Å². The lowest BCUT2D eigenvalue weighted by atomic mass is 9.95. The second-order valence-electron chi connectivity index (χ2n) is 5.69. The van der Waals surface area contributed by atoms with Gasteiger partial charge in [0.1, 0.15) is 6.04 Å². The third kappa shape index (κ3) is 5.07. The molecule has 1 aliphatic carbocycles. The van der Waals surface area contributed by atoms with E-state index in [0.717, 1.165) is 12.8 Å². The minimum absolute atomic E-state index is 0.0828. The molecule has 2 N–H and O–H groups in total. The highest BCUT2D eigenvalue weighted by Crippen LogP contribution is 2.25. The van der Waals surface area contributed by atoms with Crippen LogP contribution in [0.4, 0.5) is 0 Å². The summed E-state index contributed by atoms with van der Waals surface area (Å²) in [5, 5.41) is 11.7. The van der Waals surface area contributed by atoms with E-state index in [2.05, 4.69) is 5.32 Å². The van der Waals surface area contributed by atoms with Crippen LogP contribution in [0.3, 0.4) is 0 Å². The van der Waals surface area contributed by atoms with Gasteiger partial charge in [-0.15, -0.1) is 0 Å². The molecule has 0 aliphatic heterocycles. The maximum atomic E-state index is 11.9. The predicted octanol–water partition coefficient (Wildman–Crippen LogP) is 2.57. The van der Waals surface area contributed by atoms with E-state index in [9.17, 15) is 9.59 Å². The third-order valence-electron chi connectivity index (χ3n) is 3.70. The van der Waals surface area contributed by atoms with Crippen molar-refractivity contribution < 1.29 is 14.7 Å². The Labute approximate surface area is 109 Å². The molecule has 1 saturated carbocycles. The lowest BCUT2D eigenvalue weighted by Gasteiger charge is -2.20. The van der Waals surface area contributed by atoms with E-state index in [1.807, 2.05) is 13.8 Å².